The molecule has 0 saturated carbocycles. The minimum absolute atomic E-state index is 0. The predicted octanol–water partition coefficient (Wildman–Crippen LogP) is 3.54. The number of benzene rings is 1. The summed E-state index contributed by atoms with van der Waals surface area (Å²) in [6.45, 7) is 8.52. The Balaban J connectivity index is 0.00000363. The Kier molecular flexibility index (Phi) is 9.60. The molecule has 2 heterocycles. The summed E-state index contributed by atoms with van der Waals surface area (Å²) in [4.78, 5) is 30.3. The van der Waals surface area contributed by atoms with Crippen LogP contribution in [-0.4, -0.2) is 61.7 Å². The van der Waals surface area contributed by atoms with Crippen LogP contribution in [0.15, 0.2) is 29.3 Å². The van der Waals surface area contributed by atoms with E-state index in [-0.39, 0.29) is 41.9 Å². The summed E-state index contributed by atoms with van der Waals surface area (Å²) >= 11 is 0. The highest BCUT2D eigenvalue weighted by Gasteiger charge is 2.27. The van der Waals surface area contributed by atoms with Gasteiger partial charge in [0.25, 0.3) is 0 Å². The molecule has 178 valence electrons. The highest BCUT2D eigenvalue weighted by Crippen LogP contribution is 2.31. The first-order valence-corrected chi connectivity index (χ1v) is 11.1. The van der Waals surface area contributed by atoms with Gasteiger partial charge in [-0.2, -0.15) is 0 Å². The molecular formula is C23H36IN5O3. The number of nitrogens with zero attached hydrogens (tertiary/aromatic N) is 2. The number of piperidine rings is 1. The van der Waals surface area contributed by atoms with Gasteiger partial charge in [0.1, 0.15) is 5.60 Å². The number of rotatable bonds is 4. The molecule has 1 aromatic carbocycles. The maximum Gasteiger partial charge on any atom is 0.410 e. The topological polar surface area (TPSA) is 95.1 Å². The summed E-state index contributed by atoms with van der Waals surface area (Å²) in [6.07, 6.45) is 2.09. The molecule has 9 heteroatoms. The molecule has 3 N–H and O–H groups in total. The van der Waals surface area contributed by atoms with Crippen molar-refractivity contribution in [3.05, 3.63) is 29.8 Å². The zero-order valence-corrected chi connectivity index (χ0v) is 21.8. The zero-order chi connectivity index (χ0) is 22.4. The number of aliphatic imine (C=N–C) groups is 1. The third-order valence-electron chi connectivity index (χ3n) is 5.67. The monoisotopic (exact) mass is 557 g/mol. The molecule has 0 aliphatic carbocycles. The van der Waals surface area contributed by atoms with Crippen molar-refractivity contribution in [2.24, 2.45) is 10.9 Å². The van der Waals surface area contributed by atoms with Crippen molar-refractivity contribution in [1.29, 1.82) is 0 Å². The third kappa shape index (κ3) is 7.53. The molecule has 3 rings (SSSR count). The number of halogens is 1. The first-order chi connectivity index (χ1) is 14.7. The van der Waals surface area contributed by atoms with Gasteiger partial charge in [0.2, 0.25) is 5.91 Å². The summed E-state index contributed by atoms with van der Waals surface area (Å²) in [5, 5.41) is 9.70. The molecule has 0 bridgehead atoms. The number of anilines is 1. The molecule has 32 heavy (non-hydrogen) atoms. The van der Waals surface area contributed by atoms with Gasteiger partial charge in [-0.25, -0.2) is 4.79 Å². The molecule has 1 aromatic rings. The van der Waals surface area contributed by atoms with Crippen LogP contribution >= 0.6 is 24.0 Å². The van der Waals surface area contributed by atoms with Crippen molar-refractivity contribution in [2.75, 3.05) is 38.5 Å². The van der Waals surface area contributed by atoms with E-state index >= 15 is 0 Å². The lowest BCUT2D eigenvalue weighted by atomic mass is 9.90. The van der Waals surface area contributed by atoms with Crippen molar-refractivity contribution < 1.29 is 14.3 Å². The third-order valence-corrected chi connectivity index (χ3v) is 5.67. The molecule has 0 aromatic heterocycles. The predicted molar refractivity (Wildman–Crippen MR) is 138 cm³/mol. The number of fused-ring (bicyclic) bond motifs is 1. The summed E-state index contributed by atoms with van der Waals surface area (Å²) in [5.74, 6) is 1.36. The average molecular weight is 557 g/mol. The lowest BCUT2D eigenvalue weighted by Crippen LogP contribution is -2.46. The van der Waals surface area contributed by atoms with Crippen LogP contribution in [0.2, 0.25) is 0 Å². The largest absolute Gasteiger partial charge is 0.444 e. The van der Waals surface area contributed by atoms with Gasteiger partial charge in [-0.1, -0.05) is 18.2 Å². The second-order valence-electron chi connectivity index (χ2n) is 9.28. The fourth-order valence-corrected chi connectivity index (χ4v) is 4.01. The molecule has 0 radical (unpaired) electrons. The minimum Gasteiger partial charge on any atom is -0.444 e. The summed E-state index contributed by atoms with van der Waals surface area (Å²) < 4.78 is 5.46. The maximum absolute atomic E-state index is 12.2. The van der Waals surface area contributed by atoms with Gasteiger partial charge in [-0.05, 0) is 51.2 Å². The Hall–Kier alpha value is -2.04. The van der Waals surface area contributed by atoms with E-state index in [2.05, 4.69) is 27.0 Å². The van der Waals surface area contributed by atoms with Gasteiger partial charge in [-0.3, -0.25) is 9.79 Å². The standard InChI is InChI=1S/C23H35N5O3.HI/c1-23(2,3)31-22(30)28-11-9-16(10-12-28)14-25-21(24-4)26-15-17-13-20(29)27-19-8-6-5-7-18(17)19;/h5-8,16-17H,9-15H2,1-4H3,(H,27,29)(H2,24,25,26);1H. The second-order valence-corrected chi connectivity index (χ2v) is 9.28. The molecule has 8 nitrogen and oxygen atoms in total. The van der Waals surface area contributed by atoms with E-state index in [1.54, 1.807) is 11.9 Å². The van der Waals surface area contributed by atoms with Crippen molar-refractivity contribution >= 4 is 47.6 Å². The minimum atomic E-state index is -0.465. The number of guanidine groups is 1. The summed E-state index contributed by atoms with van der Waals surface area (Å²) in [7, 11) is 1.75. The Morgan fingerprint density at radius 1 is 1.19 bits per heavy atom. The Bertz CT molecular complexity index is 816. The van der Waals surface area contributed by atoms with Crippen molar-refractivity contribution in [3.8, 4) is 0 Å². The number of carbonyl (C=O) groups is 2. The summed E-state index contributed by atoms with van der Waals surface area (Å²) in [6, 6.07) is 7.94. The Morgan fingerprint density at radius 2 is 1.84 bits per heavy atom. The molecule has 2 aliphatic rings. The van der Waals surface area contributed by atoms with Crippen molar-refractivity contribution in [3.63, 3.8) is 0 Å². The van der Waals surface area contributed by atoms with Gasteiger partial charge in [0, 0.05) is 51.3 Å². The Labute approximate surface area is 208 Å². The Morgan fingerprint density at radius 3 is 2.50 bits per heavy atom. The molecule has 0 spiro atoms. The maximum atomic E-state index is 12.2. The average Bonchev–Trinajstić information content (AvgIpc) is 2.72. The smallest absolute Gasteiger partial charge is 0.410 e. The van der Waals surface area contributed by atoms with Gasteiger partial charge in [0.15, 0.2) is 5.96 Å². The number of nitrogens with one attached hydrogen (secondary N) is 3. The van der Waals surface area contributed by atoms with E-state index in [0.29, 0.717) is 32.0 Å². The number of carbonyl (C=O) groups excluding carboxylic acids is 2. The van der Waals surface area contributed by atoms with E-state index in [4.69, 9.17) is 4.74 Å². The second kappa shape index (κ2) is 11.7. The first-order valence-electron chi connectivity index (χ1n) is 11.1. The van der Waals surface area contributed by atoms with Gasteiger partial charge < -0.3 is 25.6 Å². The van der Waals surface area contributed by atoms with Crippen LogP contribution in [0.3, 0.4) is 0 Å². The van der Waals surface area contributed by atoms with E-state index in [1.807, 2.05) is 39.0 Å². The van der Waals surface area contributed by atoms with Crippen LogP contribution in [0, 0.1) is 5.92 Å². The molecule has 1 unspecified atom stereocenters. The zero-order valence-electron chi connectivity index (χ0n) is 19.4. The highest BCUT2D eigenvalue weighted by molar-refractivity contribution is 14.0. The number of ether oxygens (including phenoxy) is 1. The molecule has 1 atom stereocenters. The number of hydrogen-bond acceptors (Lipinski definition) is 4. The van der Waals surface area contributed by atoms with Crippen LogP contribution in [0.5, 0.6) is 0 Å². The van der Waals surface area contributed by atoms with Crippen LogP contribution in [0.25, 0.3) is 0 Å². The summed E-state index contributed by atoms with van der Waals surface area (Å²) in [5.41, 5.74) is 1.58. The van der Waals surface area contributed by atoms with E-state index in [0.717, 1.165) is 36.6 Å². The fourth-order valence-electron chi connectivity index (χ4n) is 4.01. The van der Waals surface area contributed by atoms with E-state index in [1.165, 1.54) is 0 Å². The van der Waals surface area contributed by atoms with Gasteiger partial charge in [-0.15, -0.1) is 24.0 Å². The molecule has 1 saturated heterocycles. The lowest BCUT2D eigenvalue weighted by molar-refractivity contribution is -0.116. The normalized spacial score (nSPS) is 19.4. The SMILES string of the molecule is CN=C(NCC1CCN(C(=O)OC(C)(C)C)CC1)NCC1CC(=O)Nc2ccccc21.I. The number of para-hydroxylation sites is 1. The lowest BCUT2D eigenvalue weighted by Gasteiger charge is -2.33. The van der Waals surface area contributed by atoms with E-state index < -0.39 is 5.60 Å². The van der Waals surface area contributed by atoms with Crippen LogP contribution in [-0.2, 0) is 9.53 Å². The first kappa shape index (κ1) is 26.2. The van der Waals surface area contributed by atoms with Gasteiger partial charge >= 0.3 is 6.09 Å². The molecular weight excluding hydrogens is 521 g/mol. The van der Waals surface area contributed by atoms with Gasteiger partial charge in [0.05, 0.1) is 0 Å². The van der Waals surface area contributed by atoms with E-state index in [9.17, 15) is 9.59 Å². The van der Waals surface area contributed by atoms with Crippen molar-refractivity contribution in [1.82, 2.24) is 15.5 Å². The molecule has 1 fully saturated rings. The molecule has 2 aliphatic heterocycles. The van der Waals surface area contributed by atoms with Crippen LogP contribution in [0.4, 0.5) is 10.5 Å². The molecule has 2 amide bonds. The van der Waals surface area contributed by atoms with Crippen LogP contribution in [0.1, 0.15) is 51.5 Å². The number of likely N-dealkylation sites (tertiary alicyclic amines) is 1. The number of hydrogen-bond donors (Lipinski definition) is 3. The quantitative estimate of drug-likeness (QED) is 0.299. The number of amides is 2. The fraction of sp³-hybridized carbons (Fsp3) is 0.609. The van der Waals surface area contributed by atoms with Crippen molar-refractivity contribution in [2.45, 2.75) is 51.6 Å². The van der Waals surface area contributed by atoms with Crippen LogP contribution < -0.4 is 16.0 Å². The highest BCUT2D eigenvalue weighted by atomic mass is 127.